The van der Waals surface area contributed by atoms with Crippen LogP contribution in [-0.2, 0) is 4.79 Å². The molecule has 0 heterocycles. The van der Waals surface area contributed by atoms with E-state index < -0.39 is 5.91 Å². The van der Waals surface area contributed by atoms with Gasteiger partial charge < -0.3 is 19.5 Å². The number of ether oxygens (including phenoxy) is 3. The summed E-state index contributed by atoms with van der Waals surface area (Å²) in [5.74, 6) is 0.438. The number of nitrogens with zero attached hydrogens (tertiary/aromatic N) is 1. The van der Waals surface area contributed by atoms with E-state index in [4.69, 9.17) is 25.8 Å². The molecule has 0 bridgehead atoms. The van der Waals surface area contributed by atoms with Gasteiger partial charge in [0.15, 0.2) is 18.1 Å². The van der Waals surface area contributed by atoms with Gasteiger partial charge in [-0.1, -0.05) is 23.7 Å². The molecule has 2 N–H and O–H groups in total. The molecule has 0 unspecified atom stereocenters. The van der Waals surface area contributed by atoms with Crippen LogP contribution < -0.4 is 25.0 Å². The number of halogens is 1. The first-order valence-electron chi connectivity index (χ1n) is 11.2. The molecular formula is C27H28ClN3O5. The maximum Gasteiger partial charge on any atom is 0.271 e. The normalized spacial score (nSPS) is 10.7. The van der Waals surface area contributed by atoms with Crippen LogP contribution in [0.1, 0.15) is 34.0 Å². The van der Waals surface area contributed by atoms with Crippen molar-refractivity contribution in [3.05, 3.63) is 81.9 Å². The molecule has 8 nitrogen and oxygen atoms in total. The van der Waals surface area contributed by atoms with E-state index in [0.29, 0.717) is 34.9 Å². The molecule has 36 heavy (non-hydrogen) atoms. The summed E-state index contributed by atoms with van der Waals surface area (Å²) < 4.78 is 16.5. The van der Waals surface area contributed by atoms with Gasteiger partial charge in [-0.2, -0.15) is 5.10 Å². The van der Waals surface area contributed by atoms with E-state index in [1.807, 2.05) is 39.0 Å². The van der Waals surface area contributed by atoms with E-state index >= 15 is 0 Å². The van der Waals surface area contributed by atoms with Gasteiger partial charge in [0.1, 0.15) is 5.75 Å². The molecule has 0 saturated heterocycles. The van der Waals surface area contributed by atoms with Crippen molar-refractivity contribution in [2.45, 2.75) is 20.8 Å². The van der Waals surface area contributed by atoms with E-state index in [1.165, 1.54) is 13.3 Å². The summed E-state index contributed by atoms with van der Waals surface area (Å²) in [7, 11) is 1.53. The maximum atomic E-state index is 12.4. The Kier molecular flexibility index (Phi) is 9.30. The molecule has 0 saturated carbocycles. The minimum absolute atomic E-state index is 0.237. The smallest absolute Gasteiger partial charge is 0.271 e. The van der Waals surface area contributed by atoms with Gasteiger partial charge in [0.25, 0.3) is 11.8 Å². The monoisotopic (exact) mass is 509 g/mol. The number of amides is 2. The highest BCUT2D eigenvalue weighted by molar-refractivity contribution is 6.32. The highest BCUT2D eigenvalue weighted by atomic mass is 35.5. The number of nitrogens with one attached hydrogen (secondary N) is 2. The van der Waals surface area contributed by atoms with E-state index in [9.17, 15) is 9.59 Å². The van der Waals surface area contributed by atoms with Gasteiger partial charge in [0.2, 0.25) is 0 Å². The van der Waals surface area contributed by atoms with Crippen molar-refractivity contribution in [2.75, 3.05) is 25.6 Å². The molecule has 0 aromatic heterocycles. The molecule has 0 aliphatic carbocycles. The van der Waals surface area contributed by atoms with Gasteiger partial charge in [-0.15, -0.1) is 0 Å². The Morgan fingerprint density at radius 3 is 2.56 bits per heavy atom. The average molecular weight is 510 g/mol. The summed E-state index contributed by atoms with van der Waals surface area (Å²) in [6.45, 7) is 5.90. The largest absolute Gasteiger partial charge is 0.497 e. The summed E-state index contributed by atoms with van der Waals surface area (Å²) in [5, 5.41) is 7.04. The standard InChI is InChI=1S/C27H28ClN3O5/c1-5-35-24-13-19(15-29-31-27(33)20-7-6-8-22(14-20)34-4)12-23(28)26(24)36-16-25(32)30-21-10-9-17(2)18(3)11-21/h6-15H,5,16H2,1-4H3,(H,30,32)(H,31,33)/b29-15+. The Hall–Kier alpha value is -4.04. The first kappa shape index (κ1) is 26.6. The predicted octanol–water partition coefficient (Wildman–Crippen LogP) is 5.15. The Bertz CT molecular complexity index is 1280. The second kappa shape index (κ2) is 12.6. The minimum atomic E-state index is -0.393. The van der Waals surface area contributed by atoms with Crippen molar-refractivity contribution in [1.29, 1.82) is 0 Å². The number of hydrogen-bond donors (Lipinski definition) is 2. The number of anilines is 1. The Balaban J connectivity index is 1.66. The van der Waals surface area contributed by atoms with Crippen LogP contribution >= 0.6 is 11.6 Å². The zero-order valence-electron chi connectivity index (χ0n) is 20.6. The van der Waals surface area contributed by atoms with Crippen LogP contribution in [0.5, 0.6) is 17.2 Å². The molecule has 0 radical (unpaired) electrons. The van der Waals surface area contributed by atoms with Gasteiger partial charge in [-0.25, -0.2) is 5.43 Å². The van der Waals surface area contributed by atoms with Crippen LogP contribution in [0, 0.1) is 13.8 Å². The summed E-state index contributed by atoms with van der Waals surface area (Å²) >= 11 is 6.42. The molecule has 0 aliphatic heterocycles. The van der Waals surface area contributed by atoms with Gasteiger partial charge in [-0.05, 0) is 79.9 Å². The lowest BCUT2D eigenvalue weighted by molar-refractivity contribution is -0.118. The van der Waals surface area contributed by atoms with Crippen LogP contribution in [0.15, 0.2) is 59.7 Å². The summed E-state index contributed by atoms with van der Waals surface area (Å²) in [6.07, 6.45) is 1.43. The fraction of sp³-hybridized carbons (Fsp3) is 0.222. The molecular weight excluding hydrogens is 482 g/mol. The third-order valence-electron chi connectivity index (χ3n) is 5.18. The fourth-order valence-corrected chi connectivity index (χ4v) is 3.49. The van der Waals surface area contributed by atoms with Crippen LogP contribution in [0.2, 0.25) is 5.02 Å². The third kappa shape index (κ3) is 7.23. The summed E-state index contributed by atoms with van der Waals surface area (Å²) in [5.41, 5.74) is 6.34. The molecule has 0 fully saturated rings. The number of methoxy groups -OCH3 is 1. The number of hydrogen-bond acceptors (Lipinski definition) is 6. The number of carbonyl (C=O) groups is 2. The Morgan fingerprint density at radius 1 is 1.03 bits per heavy atom. The Morgan fingerprint density at radius 2 is 1.83 bits per heavy atom. The van der Waals surface area contributed by atoms with Crippen molar-refractivity contribution in [2.24, 2.45) is 5.10 Å². The second-order valence-electron chi connectivity index (χ2n) is 7.83. The van der Waals surface area contributed by atoms with Gasteiger partial charge in [0, 0.05) is 11.3 Å². The summed E-state index contributed by atoms with van der Waals surface area (Å²) in [4.78, 5) is 24.7. The number of carbonyl (C=O) groups excluding carboxylic acids is 2. The zero-order valence-corrected chi connectivity index (χ0v) is 21.3. The number of hydrazone groups is 1. The number of benzene rings is 3. The highest BCUT2D eigenvalue weighted by Crippen LogP contribution is 2.36. The summed E-state index contributed by atoms with van der Waals surface area (Å²) in [6, 6.07) is 15.6. The molecule has 188 valence electrons. The van der Waals surface area contributed by atoms with E-state index in [-0.39, 0.29) is 23.3 Å². The SMILES string of the molecule is CCOc1cc(/C=N/NC(=O)c2cccc(OC)c2)cc(Cl)c1OCC(=O)Nc1ccc(C)c(C)c1. The van der Waals surface area contributed by atoms with E-state index in [0.717, 1.165) is 11.1 Å². The fourth-order valence-electron chi connectivity index (χ4n) is 3.21. The van der Waals surface area contributed by atoms with Crippen LogP contribution in [-0.4, -0.2) is 38.4 Å². The molecule has 0 atom stereocenters. The lowest BCUT2D eigenvalue weighted by atomic mass is 10.1. The molecule has 3 aromatic rings. The van der Waals surface area contributed by atoms with Crippen molar-refractivity contribution in [3.8, 4) is 17.2 Å². The van der Waals surface area contributed by atoms with Crippen molar-refractivity contribution < 1.29 is 23.8 Å². The van der Waals surface area contributed by atoms with E-state index in [2.05, 4.69) is 15.8 Å². The van der Waals surface area contributed by atoms with Gasteiger partial charge in [-0.3, -0.25) is 9.59 Å². The quantitative estimate of drug-likeness (QED) is 0.291. The third-order valence-corrected chi connectivity index (χ3v) is 5.46. The van der Waals surface area contributed by atoms with E-state index in [1.54, 1.807) is 36.4 Å². The van der Waals surface area contributed by atoms with Crippen LogP contribution in [0.25, 0.3) is 0 Å². The Labute approximate surface area is 215 Å². The van der Waals surface area contributed by atoms with Gasteiger partial charge >= 0.3 is 0 Å². The molecule has 0 spiro atoms. The maximum absolute atomic E-state index is 12.4. The van der Waals surface area contributed by atoms with Crippen molar-refractivity contribution in [1.82, 2.24) is 5.43 Å². The van der Waals surface area contributed by atoms with Crippen molar-refractivity contribution in [3.63, 3.8) is 0 Å². The minimum Gasteiger partial charge on any atom is -0.497 e. The lowest BCUT2D eigenvalue weighted by Crippen LogP contribution is -2.20. The van der Waals surface area contributed by atoms with Crippen LogP contribution in [0.4, 0.5) is 5.69 Å². The first-order valence-corrected chi connectivity index (χ1v) is 11.6. The zero-order chi connectivity index (χ0) is 26.1. The topological polar surface area (TPSA) is 98.2 Å². The molecule has 3 aromatic carbocycles. The molecule has 3 rings (SSSR count). The predicted molar refractivity (Wildman–Crippen MR) is 141 cm³/mol. The lowest BCUT2D eigenvalue weighted by Gasteiger charge is -2.14. The van der Waals surface area contributed by atoms with Gasteiger partial charge in [0.05, 0.1) is 25.0 Å². The molecule has 2 amide bonds. The molecule has 0 aliphatic rings. The highest BCUT2D eigenvalue weighted by Gasteiger charge is 2.15. The van der Waals surface area contributed by atoms with Crippen molar-refractivity contribution >= 4 is 35.3 Å². The first-order chi connectivity index (χ1) is 17.3. The van der Waals surface area contributed by atoms with Crippen LogP contribution in [0.3, 0.4) is 0 Å². The average Bonchev–Trinajstić information content (AvgIpc) is 2.86. The number of rotatable bonds is 10. The number of aryl methyl sites for hydroxylation is 2. The molecule has 9 heteroatoms. The second-order valence-corrected chi connectivity index (χ2v) is 8.24.